The fraction of sp³-hybridized carbons (Fsp3) is 0.412. The molecule has 3 rings (SSSR count). The Labute approximate surface area is 143 Å². The number of carbonyl (C=O) groups is 1. The Balaban J connectivity index is 0.00000192. The predicted octanol–water partition coefficient (Wildman–Crippen LogP) is 2.46. The van der Waals surface area contributed by atoms with Crippen molar-refractivity contribution in [2.45, 2.75) is 18.8 Å². The van der Waals surface area contributed by atoms with Gasteiger partial charge in [-0.05, 0) is 32.0 Å². The number of hydrogen-bond acceptors (Lipinski definition) is 3. The molecule has 1 N–H and O–H groups in total. The van der Waals surface area contributed by atoms with E-state index in [0.29, 0.717) is 12.5 Å². The molecule has 1 aromatic heterocycles. The normalized spacial score (nSPS) is 13.5. The smallest absolute Gasteiger partial charge is 0.257 e. The van der Waals surface area contributed by atoms with Crippen molar-refractivity contribution in [1.82, 2.24) is 20.0 Å². The van der Waals surface area contributed by atoms with Gasteiger partial charge in [0.2, 0.25) is 0 Å². The minimum atomic E-state index is 0. The van der Waals surface area contributed by atoms with E-state index in [1.165, 1.54) is 0 Å². The molecule has 0 radical (unpaired) electrons. The number of rotatable bonds is 6. The van der Waals surface area contributed by atoms with Crippen LogP contribution in [-0.2, 0) is 0 Å². The van der Waals surface area contributed by atoms with Crippen molar-refractivity contribution >= 4 is 18.3 Å². The summed E-state index contributed by atoms with van der Waals surface area (Å²) in [7, 11) is 3.73. The topological polar surface area (TPSA) is 50.2 Å². The van der Waals surface area contributed by atoms with Gasteiger partial charge in [-0.1, -0.05) is 18.2 Å². The zero-order valence-electron chi connectivity index (χ0n) is 13.5. The third kappa shape index (κ3) is 3.74. The van der Waals surface area contributed by atoms with Crippen molar-refractivity contribution < 1.29 is 4.79 Å². The van der Waals surface area contributed by atoms with Gasteiger partial charge in [0.05, 0.1) is 23.1 Å². The van der Waals surface area contributed by atoms with Crippen molar-refractivity contribution in [3.05, 3.63) is 47.8 Å². The quantitative estimate of drug-likeness (QED) is 0.883. The first-order valence-electron chi connectivity index (χ1n) is 7.75. The summed E-state index contributed by atoms with van der Waals surface area (Å²) in [5, 5.41) is 7.56. The van der Waals surface area contributed by atoms with Gasteiger partial charge in [-0.3, -0.25) is 4.79 Å². The molecule has 23 heavy (non-hydrogen) atoms. The van der Waals surface area contributed by atoms with E-state index in [-0.39, 0.29) is 18.3 Å². The predicted molar refractivity (Wildman–Crippen MR) is 93.7 cm³/mol. The molecule has 1 heterocycles. The second-order valence-electron chi connectivity index (χ2n) is 5.80. The first kappa shape index (κ1) is 17.5. The van der Waals surface area contributed by atoms with Crippen molar-refractivity contribution in [1.29, 1.82) is 0 Å². The van der Waals surface area contributed by atoms with Crippen molar-refractivity contribution in [2.75, 3.05) is 27.2 Å². The van der Waals surface area contributed by atoms with E-state index in [0.717, 1.165) is 36.3 Å². The van der Waals surface area contributed by atoms with Crippen LogP contribution in [0.3, 0.4) is 0 Å². The first-order chi connectivity index (χ1) is 10.7. The Bertz CT molecular complexity index is 652. The third-order valence-electron chi connectivity index (χ3n) is 4.05. The van der Waals surface area contributed by atoms with E-state index in [1.54, 1.807) is 11.1 Å². The van der Waals surface area contributed by atoms with E-state index in [4.69, 9.17) is 0 Å². The van der Waals surface area contributed by atoms with Gasteiger partial charge in [-0.15, -0.1) is 12.4 Å². The Hall–Kier alpha value is -1.85. The number of nitrogens with zero attached hydrogens (tertiary/aromatic N) is 3. The molecule has 5 nitrogen and oxygen atoms in total. The van der Waals surface area contributed by atoms with E-state index < -0.39 is 0 Å². The summed E-state index contributed by atoms with van der Waals surface area (Å²) in [4.78, 5) is 14.5. The van der Waals surface area contributed by atoms with Crippen LogP contribution in [0.4, 0.5) is 0 Å². The molecule has 2 aromatic rings. The lowest BCUT2D eigenvalue weighted by Crippen LogP contribution is -2.33. The Morgan fingerprint density at radius 2 is 2.04 bits per heavy atom. The lowest BCUT2D eigenvalue weighted by Gasteiger charge is -2.17. The second-order valence-corrected chi connectivity index (χ2v) is 5.80. The molecule has 1 aromatic carbocycles. The van der Waals surface area contributed by atoms with Crippen molar-refractivity contribution in [3.8, 4) is 5.69 Å². The van der Waals surface area contributed by atoms with E-state index in [9.17, 15) is 4.79 Å². The van der Waals surface area contributed by atoms with Gasteiger partial charge in [0.1, 0.15) is 0 Å². The SMILES string of the molecule is CNCCN(C)C(=O)c1cnn(-c2ccccc2)c1C1CC1.Cl. The third-order valence-corrected chi connectivity index (χ3v) is 4.05. The monoisotopic (exact) mass is 334 g/mol. The van der Waals surface area contributed by atoms with Crippen LogP contribution in [-0.4, -0.2) is 47.8 Å². The zero-order chi connectivity index (χ0) is 15.5. The second kappa shape index (κ2) is 7.62. The minimum Gasteiger partial charge on any atom is -0.340 e. The van der Waals surface area contributed by atoms with Crippen LogP contribution in [0.25, 0.3) is 5.69 Å². The van der Waals surface area contributed by atoms with Gasteiger partial charge in [0, 0.05) is 26.1 Å². The molecule has 6 heteroatoms. The Kier molecular flexibility index (Phi) is 5.80. The van der Waals surface area contributed by atoms with Crippen LogP contribution in [0.15, 0.2) is 36.5 Å². The summed E-state index contributed by atoms with van der Waals surface area (Å²) in [5.41, 5.74) is 2.82. The molecule has 1 saturated carbocycles. The van der Waals surface area contributed by atoms with Gasteiger partial charge in [0.25, 0.3) is 5.91 Å². The maximum Gasteiger partial charge on any atom is 0.257 e. The number of aromatic nitrogens is 2. The van der Waals surface area contributed by atoms with Crippen LogP contribution in [0, 0.1) is 0 Å². The largest absolute Gasteiger partial charge is 0.340 e. The number of para-hydroxylation sites is 1. The first-order valence-corrected chi connectivity index (χ1v) is 7.75. The van der Waals surface area contributed by atoms with Crippen molar-refractivity contribution in [3.63, 3.8) is 0 Å². The van der Waals surface area contributed by atoms with Gasteiger partial charge >= 0.3 is 0 Å². The zero-order valence-corrected chi connectivity index (χ0v) is 14.3. The van der Waals surface area contributed by atoms with Crippen LogP contribution in [0.5, 0.6) is 0 Å². The number of benzene rings is 1. The average molecular weight is 335 g/mol. The molecule has 0 atom stereocenters. The van der Waals surface area contributed by atoms with Gasteiger partial charge < -0.3 is 10.2 Å². The number of carbonyl (C=O) groups excluding carboxylic acids is 1. The van der Waals surface area contributed by atoms with E-state index >= 15 is 0 Å². The highest BCUT2D eigenvalue weighted by molar-refractivity contribution is 5.95. The highest BCUT2D eigenvalue weighted by Gasteiger charge is 2.33. The average Bonchev–Trinajstić information content (AvgIpc) is 3.31. The summed E-state index contributed by atoms with van der Waals surface area (Å²) >= 11 is 0. The minimum absolute atomic E-state index is 0. The Morgan fingerprint density at radius 1 is 1.35 bits per heavy atom. The molecule has 0 saturated heterocycles. The van der Waals surface area contributed by atoms with Crippen molar-refractivity contribution in [2.24, 2.45) is 0 Å². The fourth-order valence-electron chi connectivity index (χ4n) is 2.63. The number of likely N-dealkylation sites (N-methyl/N-ethyl adjacent to an activating group) is 2. The molecule has 1 amide bonds. The molecule has 0 bridgehead atoms. The number of hydrogen-bond donors (Lipinski definition) is 1. The molecule has 124 valence electrons. The maximum atomic E-state index is 12.7. The van der Waals surface area contributed by atoms with Gasteiger partial charge in [-0.25, -0.2) is 4.68 Å². The summed E-state index contributed by atoms with van der Waals surface area (Å²) in [5.74, 6) is 0.513. The van der Waals surface area contributed by atoms with Gasteiger partial charge in [-0.2, -0.15) is 5.10 Å². The lowest BCUT2D eigenvalue weighted by molar-refractivity contribution is 0.0795. The maximum absolute atomic E-state index is 12.7. The van der Waals surface area contributed by atoms with Crippen LogP contribution < -0.4 is 5.32 Å². The standard InChI is InChI=1S/C17H22N4O.ClH/c1-18-10-11-20(2)17(22)15-12-19-21(16(15)13-8-9-13)14-6-4-3-5-7-14;/h3-7,12-13,18H,8-11H2,1-2H3;1H. The summed E-state index contributed by atoms with van der Waals surface area (Å²) in [6.45, 7) is 1.48. The number of halogens is 1. The lowest BCUT2D eigenvalue weighted by atomic mass is 10.1. The molecule has 0 spiro atoms. The van der Waals surface area contributed by atoms with E-state index in [1.807, 2.05) is 49.1 Å². The molecular formula is C17H23ClN4O. The van der Waals surface area contributed by atoms with Crippen LogP contribution in [0.1, 0.15) is 34.8 Å². The fourth-order valence-corrected chi connectivity index (χ4v) is 2.63. The molecule has 1 fully saturated rings. The molecule has 0 aliphatic heterocycles. The molecule has 1 aliphatic carbocycles. The summed E-state index contributed by atoms with van der Waals surface area (Å²) in [6.07, 6.45) is 4.00. The molecular weight excluding hydrogens is 312 g/mol. The summed E-state index contributed by atoms with van der Waals surface area (Å²) < 4.78 is 1.93. The van der Waals surface area contributed by atoms with Gasteiger partial charge in [0.15, 0.2) is 0 Å². The number of amides is 1. The highest BCUT2D eigenvalue weighted by atomic mass is 35.5. The van der Waals surface area contributed by atoms with Crippen LogP contribution >= 0.6 is 12.4 Å². The summed E-state index contributed by atoms with van der Waals surface area (Å²) in [6, 6.07) is 10.0. The molecule has 0 unspecified atom stereocenters. The Morgan fingerprint density at radius 3 is 2.65 bits per heavy atom. The molecule has 1 aliphatic rings. The van der Waals surface area contributed by atoms with Crippen LogP contribution in [0.2, 0.25) is 0 Å². The van der Waals surface area contributed by atoms with E-state index in [2.05, 4.69) is 10.4 Å². The number of nitrogens with one attached hydrogen (secondary N) is 1. The highest BCUT2D eigenvalue weighted by Crippen LogP contribution is 2.42.